The Hall–Kier alpha value is -0.281. The van der Waals surface area contributed by atoms with Crippen LogP contribution in [0.15, 0.2) is 36.4 Å². The molecule has 0 amide bonds. The molecular weight excluding hydrogens is 387 g/mol. The summed E-state index contributed by atoms with van der Waals surface area (Å²) in [7, 11) is 0. The minimum atomic E-state index is -2.39. The SMILES string of the molecule is CCC[CH2][Sn]([CH2]CCC)([CH2]CCC)[O]CC=Cc1ccccc1. The van der Waals surface area contributed by atoms with E-state index in [2.05, 4.69) is 63.3 Å². The van der Waals surface area contributed by atoms with E-state index >= 15 is 0 Å². The van der Waals surface area contributed by atoms with Crippen LogP contribution in [0.4, 0.5) is 0 Å². The van der Waals surface area contributed by atoms with Crippen LogP contribution in [0, 0.1) is 0 Å². The van der Waals surface area contributed by atoms with Gasteiger partial charge in [-0.15, -0.1) is 0 Å². The predicted octanol–water partition coefficient (Wildman–Crippen LogP) is 7.06. The van der Waals surface area contributed by atoms with Crippen LogP contribution in [-0.4, -0.2) is 25.4 Å². The molecule has 2 heteroatoms. The van der Waals surface area contributed by atoms with Crippen LogP contribution >= 0.6 is 0 Å². The molecule has 0 saturated carbocycles. The Kier molecular flexibility index (Phi) is 11.8. The second-order valence-corrected chi connectivity index (χ2v) is 18.5. The van der Waals surface area contributed by atoms with Crippen LogP contribution in [-0.2, 0) is 3.07 Å². The summed E-state index contributed by atoms with van der Waals surface area (Å²) in [5, 5.41) is 0. The molecule has 0 heterocycles. The molecule has 1 nitrogen and oxygen atoms in total. The molecule has 0 aliphatic rings. The van der Waals surface area contributed by atoms with Crippen LogP contribution in [0.3, 0.4) is 0 Å². The van der Waals surface area contributed by atoms with E-state index in [1.54, 1.807) is 0 Å². The maximum absolute atomic E-state index is 6.68. The van der Waals surface area contributed by atoms with E-state index in [0.717, 1.165) is 6.61 Å². The monoisotopic (exact) mass is 424 g/mol. The van der Waals surface area contributed by atoms with Crippen molar-refractivity contribution in [3.05, 3.63) is 42.0 Å². The molecule has 0 spiro atoms. The number of hydrogen-bond donors (Lipinski definition) is 0. The van der Waals surface area contributed by atoms with Crippen molar-refractivity contribution in [2.24, 2.45) is 0 Å². The van der Waals surface area contributed by atoms with E-state index in [1.165, 1.54) is 57.4 Å². The quantitative estimate of drug-likeness (QED) is 0.309. The average Bonchev–Trinajstić information content (AvgIpc) is 2.60. The van der Waals surface area contributed by atoms with E-state index in [9.17, 15) is 0 Å². The zero-order valence-electron chi connectivity index (χ0n) is 15.5. The fourth-order valence-corrected chi connectivity index (χ4v) is 16.3. The average molecular weight is 423 g/mol. The molecule has 23 heavy (non-hydrogen) atoms. The molecule has 1 rings (SSSR count). The van der Waals surface area contributed by atoms with Crippen molar-refractivity contribution in [2.75, 3.05) is 6.61 Å². The molecule has 0 bridgehead atoms. The predicted molar refractivity (Wildman–Crippen MR) is 106 cm³/mol. The van der Waals surface area contributed by atoms with Crippen molar-refractivity contribution < 1.29 is 3.07 Å². The molecule has 0 saturated heterocycles. The van der Waals surface area contributed by atoms with Crippen molar-refractivity contribution in [1.82, 2.24) is 0 Å². The van der Waals surface area contributed by atoms with Gasteiger partial charge in [-0.2, -0.15) is 0 Å². The van der Waals surface area contributed by atoms with Gasteiger partial charge in [0.05, 0.1) is 0 Å². The topological polar surface area (TPSA) is 9.23 Å². The van der Waals surface area contributed by atoms with Gasteiger partial charge in [0.1, 0.15) is 0 Å². The third kappa shape index (κ3) is 8.95. The number of unbranched alkanes of at least 4 members (excludes halogenated alkanes) is 3. The molecule has 130 valence electrons. The first-order chi connectivity index (χ1) is 11.3. The standard InChI is InChI=1S/C9H9O.3C4H9.Sn/c10-8-4-7-9-5-2-1-3-6-9;3*1-3-4-2;/h1-7H,8H2;3*1,3-4H2,2H3;/q-1;;;;+1. The Labute approximate surface area is 148 Å². The van der Waals surface area contributed by atoms with Crippen LogP contribution in [0.1, 0.15) is 64.9 Å². The van der Waals surface area contributed by atoms with Gasteiger partial charge in [0.2, 0.25) is 0 Å². The van der Waals surface area contributed by atoms with Gasteiger partial charge in [-0.3, -0.25) is 0 Å². The molecule has 0 N–H and O–H groups in total. The van der Waals surface area contributed by atoms with E-state index in [-0.39, 0.29) is 0 Å². The Morgan fingerprint density at radius 2 is 1.35 bits per heavy atom. The van der Waals surface area contributed by atoms with Crippen LogP contribution in [0.5, 0.6) is 0 Å². The molecular formula is C21H36OSn. The van der Waals surface area contributed by atoms with E-state index in [1.807, 2.05) is 0 Å². The fourth-order valence-electron chi connectivity index (χ4n) is 3.06. The van der Waals surface area contributed by atoms with Gasteiger partial charge < -0.3 is 0 Å². The van der Waals surface area contributed by atoms with Gasteiger partial charge in [0.15, 0.2) is 0 Å². The van der Waals surface area contributed by atoms with Crippen molar-refractivity contribution in [2.45, 2.75) is 72.6 Å². The third-order valence-electron chi connectivity index (χ3n) is 4.55. The van der Waals surface area contributed by atoms with Gasteiger partial charge in [-0.25, -0.2) is 0 Å². The summed E-state index contributed by atoms with van der Waals surface area (Å²) in [6.45, 7) is 7.75. The fraction of sp³-hybridized carbons (Fsp3) is 0.619. The Morgan fingerprint density at radius 1 is 0.826 bits per heavy atom. The second kappa shape index (κ2) is 13.1. The van der Waals surface area contributed by atoms with Crippen molar-refractivity contribution >= 4 is 24.9 Å². The van der Waals surface area contributed by atoms with Gasteiger partial charge >= 0.3 is 149 Å². The molecule has 0 radical (unpaired) electrons. The summed E-state index contributed by atoms with van der Waals surface area (Å²) in [4.78, 5) is 0. The number of hydrogen-bond acceptors (Lipinski definition) is 1. The Morgan fingerprint density at radius 3 is 1.83 bits per heavy atom. The van der Waals surface area contributed by atoms with Crippen molar-refractivity contribution in [3.8, 4) is 0 Å². The summed E-state index contributed by atoms with van der Waals surface area (Å²) in [6.07, 6.45) is 12.4. The normalized spacial score (nSPS) is 12.1. The van der Waals surface area contributed by atoms with E-state index in [0.29, 0.717) is 0 Å². The minimum absolute atomic E-state index is 0.822. The van der Waals surface area contributed by atoms with Gasteiger partial charge in [0.25, 0.3) is 0 Å². The Balaban J connectivity index is 2.62. The van der Waals surface area contributed by atoms with Gasteiger partial charge in [-0.1, -0.05) is 0 Å². The molecule has 0 unspecified atom stereocenters. The first-order valence-electron chi connectivity index (χ1n) is 9.62. The molecule has 1 aromatic rings. The van der Waals surface area contributed by atoms with Crippen LogP contribution < -0.4 is 0 Å². The summed E-state index contributed by atoms with van der Waals surface area (Å²) < 4.78 is 10.9. The van der Waals surface area contributed by atoms with Crippen molar-refractivity contribution in [3.63, 3.8) is 0 Å². The molecule has 0 aliphatic carbocycles. The number of benzene rings is 1. The summed E-state index contributed by atoms with van der Waals surface area (Å²) in [6, 6.07) is 10.5. The first kappa shape index (κ1) is 20.8. The third-order valence-corrected chi connectivity index (χ3v) is 17.6. The summed E-state index contributed by atoms with van der Waals surface area (Å²) >= 11 is -2.39. The van der Waals surface area contributed by atoms with E-state index < -0.39 is 18.8 Å². The zero-order chi connectivity index (χ0) is 16.8. The van der Waals surface area contributed by atoms with E-state index in [4.69, 9.17) is 3.07 Å². The molecule has 0 aromatic heterocycles. The second-order valence-electron chi connectivity index (χ2n) is 6.62. The summed E-state index contributed by atoms with van der Waals surface area (Å²) in [5.41, 5.74) is 1.27. The maximum atomic E-state index is 6.68. The van der Waals surface area contributed by atoms with Crippen LogP contribution in [0.2, 0.25) is 13.3 Å². The molecule has 0 aliphatic heterocycles. The number of rotatable bonds is 13. The zero-order valence-corrected chi connectivity index (χ0v) is 18.4. The molecule has 1 aromatic carbocycles. The Bertz CT molecular complexity index is 391. The van der Waals surface area contributed by atoms with Gasteiger partial charge in [-0.05, 0) is 0 Å². The first-order valence-corrected chi connectivity index (χ1v) is 16.8. The molecule has 0 atom stereocenters. The molecule has 0 fully saturated rings. The van der Waals surface area contributed by atoms with Crippen LogP contribution in [0.25, 0.3) is 6.08 Å². The van der Waals surface area contributed by atoms with Crippen molar-refractivity contribution in [1.29, 1.82) is 0 Å². The van der Waals surface area contributed by atoms with Gasteiger partial charge in [0, 0.05) is 0 Å². The summed E-state index contributed by atoms with van der Waals surface area (Å²) in [5.74, 6) is 0.